The van der Waals surface area contributed by atoms with Gasteiger partial charge in [0.1, 0.15) is 11.6 Å². The monoisotopic (exact) mass is 508 g/mol. The Bertz CT molecular complexity index is 1070. The zero-order chi connectivity index (χ0) is 25.5. The molecule has 1 saturated carbocycles. The predicted octanol–water partition coefficient (Wildman–Crippen LogP) is 4.51. The number of nitrogens with zero attached hydrogens (tertiary/aromatic N) is 3. The molecule has 2 aromatic heterocycles. The Balaban J connectivity index is 1.17. The Morgan fingerprint density at radius 2 is 1.86 bits per heavy atom. The van der Waals surface area contributed by atoms with Crippen LogP contribution in [0.5, 0.6) is 0 Å². The molecule has 9 heteroatoms. The molecule has 2 aromatic rings. The number of anilines is 2. The van der Waals surface area contributed by atoms with Crippen LogP contribution in [-0.4, -0.2) is 61.1 Å². The molecule has 2 saturated heterocycles. The fourth-order valence-electron chi connectivity index (χ4n) is 5.50. The first-order chi connectivity index (χ1) is 18.1. The average molecular weight is 509 g/mol. The highest BCUT2D eigenvalue weighted by Crippen LogP contribution is 2.31. The first-order valence-corrected chi connectivity index (χ1v) is 13.6. The van der Waals surface area contributed by atoms with E-state index in [2.05, 4.69) is 32.0 Å². The van der Waals surface area contributed by atoms with Crippen LogP contribution in [0.4, 0.5) is 16.0 Å². The van der Waals surface area contributed by atoms with Gasteiger partial charge in [-0.05, 0) is 69.6 Å². The Kier molecular flexibility index (Phi) is 8.49. The van der Waals surface area contributed by atoms with Gasteiger partial charge in [-0.2, -0.15) is 5.26 Å². The number of nitrogens with one attached hydrogen (secondary N) is 3. The maximum absolute atomic E-state index is 14.8. The molecule has 3 aliphatic rings. The second-order valence-electron chi connectivity index (χ2n) is 10.6. The van der Waals surface area contributed by atoms with Gasteiger partial charge in [0.15, 0.2) is 5.82 Å². The number of hydrogen-bond donors (Lipinski definition) is 3. The van der Waals surface area contributed by atoms with Gasteiger partial charge in [-0.3, -0.25) is 0 Å². The van der Waals surface area contributed by atoms with Gasteiger partial charge < -0.3 is 25.4 Å². The maximum Gasteiger partial charge on any atom is 0.151 e. The van der Waals surface area contributed by atoms with Crippen molar-refractivity contribution in [2.75, 3.05) is 43.5 Å². The molecular formula is C28H37FN6O2. The van der Waals surface area contributed by atoms with Gasteiger partial charge in [0.05, 0.1) is 29.5 Å². The lowest BCUT2D eigenvalue weighted by atomic mass is 9.82. The molecule has 0 bridgehead atoms. The molecule has 0 amide bonds. The predicted molar refractivity (Wildman–Crippen MR) is 141 cm³/mol. The fraction of sp³-hybridized carbons (Fsp3) is 0.607. The van der Waals surface area contributed by atoms with Crippen molar-refractivity contribution in [3.05, 3.63) is 36.3 Å². The van der Waals surface area contributed by atoms with Crippen molar-refractivity contribution in [2.24, 2.45) is 5.41 Å². The summed E-state index contributed by atoms with van der Waals surface area (Å²) in [6.45, 7) is 3.50. The molecule has 0 aromatic carbocycles. The van der Waals surface area contributed by atoms with E-state index in [1.54, 1.807) is 12.1 Å². The molecule has 1 aliphatic carbocycles. The smallest absolute Gasteiger partial charge is 0.151 e. The minimum atomic E-state index is -0.465. The van der Waals surface area contributed by atoms with E-state index in [0.717, 1.165) is 45.3 Å². The summed E-state index contributed by atoms with van der Waals surface area (Å²) in [7, 11) is 0. The van der Waals surface area contributed by atoms with Gasteiger partial charge in [0, 0.05) is 50.6 Å². The Morgan fingerprint density at radius 3 is 2.62 bits per heavy atom. The molecule has 1 unspecified atom stereocenters. The van der Waals surface area contributed by atoms with Crippen LogP contribution < -0.4 is 16.0 Å². The van der Waals surface area contributed by atoms with Crippen molar-refractivity contribution < 1.29 is 13.9 Å². The molecule has 3 fully saturated rings. The SMILES string of the molecule is N#CC1(CNc2cccc(-c3cc(NC4CCC(NCC5CCCO5)CC4)ncc3F)n2)CCOCC1. The van der Waals surface area contributed by atoms with E-state index in [1.807, 2.05) is 12.1 Å². The molecule has 198 valence electrons. The number of nitriles is 1. The Morgan fingerprint density at radius 1 is 1.05 bits per heavy atom. The van der Waals surface area contributed by atoms with Crippen molar-refractivity contribution in [3.63, 3.8) is 0 Å². The first kappa shape index (κ1) is 25.8. The molecule has 1 atom stereocenters. The number of ether oxygens (including phenoxy) is 2. The summed E-state index contributed by atoms with van der Waals surface area (Å²) in [5, 5.41) is 20.2. The zero-order valence-corrected chi connectivity index (χ0v) is 21.3. The molecule has 2 aliphatic heterocycles. The fourth-order valence-corrected chi connectivity index (χ4v) is 5.50. The van der Waals surface area contributed by atoms with Crippen LogP contribution in [0.3, 0.4) is 0 Å². The summed E-state index contributed by atoms with van der Waals surface area (Å²) in [5.41, 5.74) is 0.482. The lowest BCUT2D eigenvalue weighted by Crippen LogP contribution is -2.40. The molecule has 5 rings (SSSR count). The molecule has 0 radical (unpaired) electrons. The van der Waals surface area contributed by atoms with E-state index in [9.17, 15) is 9.65 Å². The molecule has 4 heterocycles. The molecular weight excluding hydrogens is 471 g/mol. The first-order valence-electron chi connectivity index (χ1n) is 13.6. The Hall–Kier alpha value is -2.80. The van der Waals surface area contributed by atoms with Crippen LogP contribution in [0.15, 0.2) is 30.5 Å². The standard InChI is InChI=1S/C28H37FN6O2/c29-24-17-32-27(34-21-8-6-20(7-9-21)31-16-22-3-2-12-37-22)15-23(24)25-4-1-5-26(35-25)33-19-28(18-30)10-13-36-14-11-28/h1,4-5,15,17,20-22,31H,2-3,6-14,16,19H2,(H,32,34)(H,33,35). The lowest BCUT2D eigenvalue weighted by molar-refractivity contribution is 0.0455. The molecule has 37 heavy (non-hydrogen) atoms. The summed E-state index contributed by atoms with van der Waals surface area (Å²) < 4.78 is 25.9. The van der Waals surface area contributed by atoms with Gasteiger partial charge in [-0.15, -0.1) is 0 Å². The summed E-state index contributed by atoms with van der Waals surface area (Å²) >= 11 is 0. The third kappa shape index (κ3) is 6.75. The van der Waals surface area contributed by atoms with Crippen LogP contribution in [-0.2, 0) is 9.47 Å². The van der Waals surface area contributed by atoms with Crippen LogP contribution in [0.25, 0.3) is 11.3 Å². The highest BCUT2D eigenvalue weighted by Gasteiger charge is 2.32. The van der Waals surface area contributed by atoms with Crippen molar-refractivity contribution in [1.82, 2.24) is 15.3 Å². The minimum absolute atomic E-state index is 0.314. The maximum atomic E-state index is 14.8. The summed E-state index contributed by atoms with van der Waals surface area (Å²) in [6.07, 6.45) is 9.63. The molecule has 3 N–H and O–H groups in total. The molecule has 8 nitrogen and oxygen atoms in total. The van der Waals surface area contributed by atoms with Crippen LogP contribution >= 0.6 is 0 Å². The zero-order valence-electron chi connectivity index (χ0n) is 21.3. The highest BCUT2D eigenvalue weighted by atomic mass is 19.1. The van der Waals surface area contributed by atoms with Crippen molar-refractivity contribution in [2.45, 2.75) is 69.6 Å². The van der Waals surface area contributed by atoms with Crippen LogP contribution in [0, 0.1) is 22.6 Å². The largest absolute Gasteiger partial charge is 0.381 e. The van der Waals surface area contributed by atoms with Gasteiger partial charge in [0.2, 0.25) is 0 Å². The average Bonchev–Trinajstić information content (AvgIpc) is 3.47. The van der Waals surface area contributed by atoms with Gasteiger partial charge >= 0.3 is 0 Å². The third-order valence-corrected chi connectivity index (χ3v) is 7.91. The van der Waals surface area contributed by atoms with Crippen molar-refractivity contribution >= 4 is 11.6 Å². The number of rotatable bonds is 9. The minimum Gasteiger partial charge on any atom is -0.381 e. The van der Waals surface area contributed by atoms with Gasteiger partial charge in [-0.25, -0.2) is 14.4 Å². The summed E-state index contributed by atoms with van der Waals surface area (Å²) in [4.78, 5) is 8.94. The van der Waals surface area contributed by atoms with E-state index in [1.165, 1.54) is 12.6 Å². The number of hydrogen-bond acceptors (Lipinski definition) is 8. The van der Waals surface area contributed by atoms with Crippen LogP contribution in [0.1, 0.15) is 51.4 Å². The van der Waals surface area contributed by atoms with Crippen molar-refractivity contribution in [1.29, 1.82) is 5.26 Å². The molecule has 0 spiro atoms. The second kappa shape index (κ2) is 12.2. The van der Waals surface area contributed by atoms with E-state index < -0.39 is 11.2 Å². The second-order valence-corrected chi connectivity index (χ2v) is 10.6. The quantitative estimate of drug-likeness (QED) is 0.455. The summed E-state index contributed by atoms with van der Waals surface area (Å²) in [6, 6.07) is 10.5. The van der Waals surface area contributed by atoms with E-state index >= 15 is 0 Å². The number of pyridine rings is 2. The Labute approximate surface area is 218 Å². The lowest BCUT2D eigenvalue weighted by Gasteiger charge is -2.31. The van der Waals surface area contributed by atoms with Gasteiger partial charge in [0.25, 0.3) is 0 Å². The number of halogens is 1. The normalized spacial score (nSPS) is 25.4. The van der Waals surface area contributed by atoms with E-state index in [4.69, 9.17) is 9.47 Å². The highest BCUT2D eigenvalue weighted by molar-refractivity contribution is 5.65. The van der Waals surface area contributed by atoms with E-state index in [-0.39, 0.29) is 0 Å². The van der Waals surface area contributed by atoms with Crippen molar-refractivity contribution in [3.8, 4) is 17.3 Å². The van der Waals surface area contributed by atoms with Crippen LogP contribution in [0.2, 0.25) is 0 Å². The van der Waals surface area contributed by atoms with Gasteiger partial charge in [-0.1, -0.05) is 6.07 Å². The summed E-state index contributed by atoms with van der Waals surface area (Å²) in [5.74, 6) is 0.881. The topological polar surface area (TPSA) is 104 Å². The third-order valence-electron chi connectivity index (χ3n) is 7.91. The number of aromatic nitrogens is 2. The van der Waals surface area contributed by atoms with E-state index in [0.29, 0.717) is 73.7 Å².